The third-order valence-electron chi connectivity index (χ3n) is 6.43. The van der Waals surface area contributed by atoms with Gasteiger partial charge in [0.25, 0.3) is 0 Å². The monoisotopic (exact) mass is 462 g/mol. The number of hydrogen-bond donors (Lipinski definition) is 2. The number of para-hydroxylation sites is 2. The summed E-state index contributed by atoms with van der Waals surface area (Å²) in [7, 11) is 0. The molecule has 0 amide bonds. The maximum atomic E-state index is 13.0. The first kappa shape index (κ1) is 23.6. The van der Waals surface area contributed by atoms with Crippen molar-refractivity contribution in [3.05, 3.63) is 80.5 Å². The summed E-state index contributed by atoms with van der Waals surface area (Å²) in [5, 5.41) is 22.9. The minimum Gasteiger partial charge on any atom is -0.507 e. The van der Waals surface area contributed by atoms with Crippen LogP contribution in [0.4, 0.5) is 0 Å². The van der Waals surface area contributed by atoms with Gasteiger partial charge in [-0.3, -0.25) is 0 Å². The molecule has 0 aliphatic carbocycles. The highest BCUT2D eigenvalue weighted by Gasteiger charge is 2.30. The Balaban J connectivity index is 1.78. The number of hydrogen-bond acceptors (Lipinski definition) is 6. The van der Waals surface area contributed by atoms with Gasteiger partial charge in [0.05, 0.1) is 21.9 Å². The molecule has 0 aliphatic rings. The molecule has 2 heterocycles. The molecule has 0 bridgehead atoms. The summed E-state index contributed by atoms with van der Waals surface area (Å²) < 4.78 is 11.0. The predicted octanol–water partition coefficient (Wildman–Crippen LogP) is 6.58. The number of unbranched alkanes of at least 4 members (excludes halogenated alkanes) is 6. The molecule has 2 aromatic heterocycles. The average Bonchev–Trinajstić information content (AvgIpc) is 2.83. The Kier molecular flexibility index (Phi) is 7.36. The van der Waals surface area contributed by atoms with Crippen LogP contribution in [-0.4, -0.2) is 10.2 Å². The van der Waals surface area contributed by atoms with Gasteiger partial charge < -0.3 is 19.0 Å². The summed E-state index contributed by atoms with van der Waals surface area (Å²) in [6.07, 6.45) is 7.77. The molecular formula is C28H30O6. The van der Waals surface area contributed by atoms with E-state index in [0.29, 0.717) is 23.6 Å². The maximum absolute atomic E-state index is 13.0. The summed E-state index contributed by atoms with van der Waals surface area (Å²) in [6.45, 7) is 2.17. The minimum absolute atomic E-state index is 0.0254. The lowest BCUT2D eigenvalue weighted by atomic mass is 9.86. The van der Waals surface area contributed by atoms with Crippen molar-refractivity contribution in [1.29, 1.82) is 0 Å². The van der Waals surface area contributed by atoms with Crippen LogP contribution in [0.15, 0.2) is 67.0 Å². The standard InChI is InChI=1S/C28H30O6/c1-2-3-4-5-6-7-8-15-20(23-25(29)18-13-9-11-16-21(18)33-27(23)31)24-26(30)19-14-10-12-17-22(19)34-28(24)32/h9-14,16-17,20,29-30H,2-8,15H2,1H3. The molecule has 0 spiro atoms. The van der Waals surface area contributed by atoms with Gasteiger partial charge in [-0.15, -0.1) is 0 Å². The van der Waals surface area contributed by atoms with E-state index < -0.39 is 17.2 Å². The zero-order valence-electron chi connectivity index (χ0n) is 19.4. The zero-order valence-corrected chi connectivity index (χ0v) is 19.4. The molecular weight excluding hydrogens is 432 g/mol. The average molecular weight is 463 g/mol. The van der Waals surface area contributed by atoms with Gasteiger partial charge in [-0.2, -0.15) is 0 Å². The second-order valence-corrected chi connectivity index (χ2v) is 8.76. The molecule has 6 heteroatoms. The minimum atomic E-state index is -0.864. The highest BCUT2D eigenvalue weighted by atomic mass is 16.4. The SMILES string of the molecule is CCCCCCCCCC(c1c(O)c2ccccc2oc1=O)c1c(O)c2ccccc2oc1=O. The molecule has 4 rings (SSSR count). The van der Waals surface area contributed by atoms with Crippen molar-refractivity contribution >= 4 is 21.9 Å². The summed E-state index contributed by atoms with van der Waals surface area (Å²) in [5.74, 6) is -1.32. The Hall–Kier alpha value is -3.54. The van der Waals surface area contributed by atoms with E-state index in [1.807, 2.05) is 0 Å². The van der Waals surface area contributed by atoms with Crippen LogP contribution in [0.5, 0.6) is 11.5 Å². The van der Waals surface area contributed by atoms with Crippen LogP contribution in [-0.2, 0) is 0 Å². The Labute approximate surface area is 197 Å². The van der Waals surface area contributed by atoms with Crippen molar-refractivity contribution in [1.82, 2.24) is 0 Å². The first-order valence-corrected chi connectivity index (χ1v) is 12.0. The van der Waals surface area contributed by atoms with Gasteiger partial charge in [-0.25, -0.2) is 9.59 Å². The van der Waals surface area contributed by atoms with Crippen LogP contribution >= 0.6 is 0 Å². The second-order valence-electron chi connectivity index (χ2n) is 8.76. The molecule has 0 saturated carbocycles. The quantitative estimate of drug-likeness (QED) is 0.204. The van der Waals surface area contributed by atoms with E-state index in [4.69, 9.17) is 8.83 Å². The van der Waals surface area contributed by atoms with Crippen molar-refractivity contribution in [2.75, 3.05) is 0 Å². The maximum Gasteiger partial charge on any atom is 0.343 e. The highest BCUT2D eigenvalue weighted by molar-refractivity contribution is 5.86. The van der Waals surface area contributed by atoms with Crippen LogP contribution < -0.4 is 11.3 Å². The lowest BCUT2D eigenvalue weighted by molar-refractivity contribution is 0.426. The molecule has 6 nitrogen and oxygen atoms in total. The number of aromatic hydroxyl groups is 2. The topological polar surface area (TPSA) is 101 Å². The smallest absolute Gasteiger partial charge is 0.343 e. The highest BCUT2D eigenvalue weighted by Crippen LogP contribution is 2.40. The van der Waals surface area contributed by atoms with E-state index in [1.165, 1.54) is 19.3 Å². The fraction of sp³-hybridized carbons (Fsp3) is 0.357. The molecule has 0 saturated heterocycles. The Morgan fingerprint density at radius 1 is 0.676 bits per heavy atom. The van der Waals surface area contributed by atoms with Crippen LogP contribution in [0.1, 0.15) is 75.3 Å². The second kappa shape index (κ2) is 10.6. The first-order chi connectivity index (χ1) is 16.5. The van der Waals surface area contributed by atoms with E-state index in [0.717, 1.165) is 19.3 Å². The number of benzene rings is 2. The zero-order chi connectivity index (χ0) is 24.1. The van der Waals surface area contributed by atoms with Gasteiger partial charge in [0.1, 0.15) is 22.7 Å². The van der Waals surface area contributed by atoms with Crippen LogP contribution in [0, 0.1) is 0 Å². The summed E-state index contributed by atoms with van der Waals surface area (Å²) in [4.78, 5) is 26.0. The lowest BCUT2D eigenvalue weighted by Gasteiger charge is -2.19. The van der Waals surface area contributed by atoms with E-state index in [9.17, 15) is 19.8 Å². The Morgan fingerprint density at radius 2 is 1.12 bits per heavy atom. The predicted molar refractivity (Wildman–Crippen MR) is 133 cm³/mol. The molecule has 0 unspecified atom stereocenters. The molecule has 4 aromatic rings. The van der Waals surface area contributed by atoms with Crippen molar-refractivity contribution in [3.8, 4) is 11.5 Å². The summed E-state index contributed by atoms with van der Waals surface area (Å²) >= 11 is 0. The molecule has 2 aromatic carbocycles. The first-order valence-electron chi connectivity index (χ1n) is 12.0. The molecule has 0 radical (unpaired) electrons. The van der Waals surface area contributed by atoms with Crippen LogP contribution in [0.2, 0.25) is 0 Å². The van der Waals surface area contributed by atoms with Crippen molar-refractivity contribution < 1.29 is 19.0 Å². The third-order valence-corrected chi connectivity index (χ3v) is 6.43. The van der Waals surface area contributed by atoms with Gasteiger partial charge >= 0.3 is 11.3 Å². The van der Waals surface area contributed by atoms with Crippen LogP contribution in [0.25, 0.3) is 21.9 Å². The fourth-order valence-electron chi connectivity index (χ4n) is 4.65. The molecule has 178 valence electrons. The van der Waals surface area contributed by atoms with Crippen molar-refractivity contribution in [2.45, 2.75) is 64.2 Å². The van der Waals surface area contributed by atoms with E-state index >= 15 is 0 Å². The van der Waals surface area contributed by atoms with Crippen LogP contribution in [0.3, 0.4) is 0 Å². The molecule has 0 aliphatic heterocycles. The van der Waals surface area contributed by atoms with E-state index in [2.05, 4.69) is 6.92 Å². The van der Waals surface area contributed by atoms with Gasteiger partial charge in [-0.05, 0) is 30.7 Å². The van der Waals surface area contributed by atoms with Crippen molar-refractivity contribution in [3.63, 3.8) is 0 Å². The third kappa shape index (κ3) is 4.72. The van der Waals surface area contributed by atoms with Gasteiger partial charge in [0, 0.05) is 5.92 Å². The van der Waals surface area contributed by atoms with E-state index in [1.54, 1.807) is 48.5 Å². The molecule has 0 atom stereocenters. The lowest BCUT2D eigenvalue weighted by Crippen LogP contribution is -2.20. The fourth-order valence-corrected chi connectivity index (χ4v) is 4.65. The molecule has 0 fully saturated rings. The molecule has 34 heavy (non-hydrogen) atoms. The Morgan fingerprint density at radius 3 is 1.62 bits per heavy atom. The summed E-state index contributed by atoms with van der Waals surface area (Å²) in [5.41, 5.74) is -0.978. The molecule has 2 N–H and O–H groups in total. The Bertz CT molecular complexity index is 1300. The van der Waals surface area contributed by atoms with Gasteiger partial charge in [0.2, 0.25) is 0 Å². The number of rotatable bonds is 10. The van der Waals surface area contributed by atoms with Gasteiger partial charge in [0.15, 0.2) is 0 Å². The number of fused-ring (bicyclic) bond motifs is 2. The normalized spacial score (nSPS) is 11.6. The van der Waals surface area contributed by atoms with Gasteiger partial charge in [-0.1, -0.05) is 76.1 Å². The summed E-state index contributed by atoms with van der Waals surface area (Å²) in [6, 6.07) is 13.4. The van der Waals surface area contributed by atoms with E-state index in [-0.39, 0.29) is 33.8 Å². The van der Waals surface area contributed by atoms with Crippen molar-refractivity contribution in [2.24, 2.45) is 0 Å². The largest absolute Gasteiger partial charge is 0.507 e.